The molecule has 1 rings (SSSR count). The van der Waals surface area contributed by atoms with Gasteiger partial charge in [0, 0.05) is 25.4 Å². The van der Waals surface area contributed by atoms with Crippen LogP contribution in [0.5, 0.6) is 0 Å². The monoisotopic (exact) mass is 299 g/mol. The predicted octanol–water partition coefficient (Wildman–Crippen LogP) is -1.42. The Morgan fingerprint density at radius 2 is 2.10 bits per heavy atom. The van der Waals surface area contributed by atoms with Crippen LogP contribution in [0.1, 0.15) is 26.7 Å². The molecule has 1 aliphatic heterocycles. The summed E-state index contributed by atoms with van der Waals surface area (Å²) >= 11 is 0. The lowest BCUT2D eigenvalue weighted by Gasteiger charge is -2.22. The maximum absolute atomic E-state index is 12.2. The number of aliphatic hydroxyl groups is 1. The average Bonchev–Trinajstić information content (AvgIpc) is 2.94. The zero-order valence-electron chi connectivity index (χ0n) is 12.6. The van der Waals surface area contributed by atoms with Crippen LogP contribution in [0.3, 0.4) is 0 Å². The van der Waals surface area contributed by atoms with Crippen LogP contribution in [-0.4, -0.2) is 54.4 Å². The zero-order valence-corrected chi connectivity index (χ0v) is 12.6. The zero-order chi connectivity index (χ0) is 16.0. The Morgan fingerprint density at radius 3 is 2.52 bits per heavy atom. The Kier molecular flexibility index (Phi) is 6.94. The van der Waals surface area contributed by atoms with Gasteiger partial charge in [-0.05, 0) is 26.8 Å². The van der Waals surface area contributed by atoms with Crippen molar-refractivity contribution in [1.29, 1.82) is 0 Å². The molecule has 21 heavy (non-hydrogen) atoms. The molecule has 0 aliphatic carbocycles. The number of nitrogens with two attached hydrogens (primary N) is 1. The lowest BCUT2D eigenvalue weighted by Crippen LogP contribution is -2.49. The molecule has 4 atom stereocenters. The quantitative estimate of drug-likeness (QED) is 0.437. The maximum Gasteiger partial charge on any atom is 0.226 e. The summed E-state index contributed by atoms with van der Waals surface area (Å²) in [7, 11) is 0. The fourth-order valence-electron chi connectivity index (χ4n) is 2.40. The van der Waals surface area contributed by atoms with Crippen molar-refractivity contribution in [2.45, 2.75) is 38.8 Å². The molecule has 0 aromatic heterocycles. The molecule has 120 valence electrons. The summed E-state index contributed by atoms with van der Waals surface area (Å²) in [6.07, 6.45) is -0.231. The molecule has 1 fully saturated rings. The summed E-state index contributed by atoms with van der Waals surface area (Å²) in [6, 6.07) is -0.776. The first-order chi connectivity index (χ1) is 9.86. The van der Waals surface area contributed by atoms with Crippen LogP contribution < -0.4 is 16.4 Å². The molecule has 0 spiro atoms. The number of nitrogens with one attached hydrogen (secondary N) is 2. The van der Waals surface area contributed by atoms with Crippen LogP contribution in [0.2, 0.25) is 0 Å². The Hall–Kier alpha value is -1.31. The summed E-state index contributed by atoms with van der Waals surface area (Å²) in [5.41, 5.74) is 5.43. The maximum atomic E-state index is 12.2. The van der Waals surface area contributed by atoms with E-state index in [-0.39, 0.29) is 30.4 Å². The van der Waals surface area contributed by atoms with Crippen LogP contribution in [0.25, 0.3) is 0 Å². The van der Waals surface area contributed by atoms with E-state index in [1.54, 1.807) is 0 Å². The van der Waals surface area contributed by atoms with Gasteiger partial charge in [0.15, 0.2) is 5.78 Å². The van der Waals surface area contributed by atoms with E-state index >= 15 is 0 Å². The van der Waals surface area contributed by atoms with Crippen molar-refractivity contribution < 1.29 is 19.5 Å². The van der Waals surface area contributed by atoms with Crippen molar-refractivity contribution in [3.05, 3.63) is 0 Å². The van der Waals surface area contributed by atoms with Gasteiger partial charge in [-0.15, -0.1) is 0 Å². The molecule has 1 heterocycles. The summed E-state index contributed by atoms with van der Waals surface area (Å²) < 4.78 is 0. The average molecular weight is 299 g/mol. The van der Waals surface area contributed by atoms with Gasteiger partial charge in [0.1, 0.15) is 5.78 Å². The number of carbonyl (C=O) groups excluding carboxylic acids is 3. The molecular formula is C14H25N3O4. The second kappa shape index (κ2) is 8.21. The van der Waals surface area contributed by atoms with Gasteiger partial charge < -0.3 is 21.5 Å². The topological polar surface area (TPSA) is 122 Å². The van der Waals surface area contributed by atoms with Crippen molar-refractivity contribution in [2.24, 2.45) is 17.6 Å². The van der Waals surface area contributed by atoms with Gasteiger partial charge in [0.25, 0.3) is 0 Å². The normalized spacial score (nSPS) is 22.4. The molecule has 1 aliphatic rings. The lowest BCUT2D eigenvalue weighted by molar-refractivity contribution is -0.135. The van der Waals surface area contributed by atoms with Gasteiger partial charge in [-0.1, -0.05) is 0 Å². The van der Waals surface area contributed by atoms with E-state index in [0.717, 1.165) is 13.0 Å². The van der Waals surface area contributed by atoms with E-state index in [1.807, 2.05) is 0 Å². The number of hydrogen-bond acceptors (Lipinski definition) is 6. The fraction of sp³-hybridized carbons (Fsp3) is 0.786. The van der Waals surface area contributed by atoms with E-state index < -0.39 is 24.0 Å². The third kappa shape index (κ3) is 5.18. The van der Waals surface area contributed by atoms with Crippen LogP contribution in [0, 0.1) is 11.8 Å². The van der Waals surface area contributed by atoms with E-state index in [0.29, 0.717) is 6.54 Å². The molecule has 7 nitrogen and oxygen atoms in total. The Morgan fingerprint density at radius 1 is 1.43 bits per heavy atom. The molecule has 1 amide bonds. The molecule has 7 heteroatoms. The van der Waals surface area contributed by atoms with Gasteiger partial charge in [-0.25, -0.2) is 0 Å². The lowest BCUT2D eigenvalue weighted by atomic mass is 9.90. The Labute approximate surface area is 124 Å². The highest BCUT2D eigenvalue weighted by molar-refractivity contribution is 5.92. The van der Waals surface area contributed by atoms with Crippen molar-refractivity contribution >= 4 is 17.5 Å². The molecule has 0 aromatic carbocycles. The number of rotatable bonds is 8. The number of hydrogen-bond donors (Lipinski definition) is 4. The summed E-state index contributed by atoms with van der Waals surface area (Å²) in [4.78, 5) is 35.6. The molecule has 0 radical (unpaired) electrons. The molecule has 0 unspecified atom stereocenters. The van der Waals surface area contributed by atoms with Crippen LogP contribution >= 0.6 is 0 Å². The van der Waals surface area contributed by atoms with E-state index in [1.165, 1.54) is 13.8 Å². The number of aliphatic hydroxyl groups excluding tert-OH is 1. The summed E-state index contributed by atoms with van der Waals surface area (Å²) in [5, 5.41) is 15.4. The van der Waals surface area contributed by atoms with Gasteiger partial charge in [-0.3, -0.25) is 14.4 Å². The first-order valence-electron chi connectivity index (χ1n) is 7.29. The smallest absolute Gasteiger partial charge is 0.226 e. The number of Topliss-reactive ketones (excluding diaryl/α,β-unsaturated/α-hetero) is 2. The van der Waals surface area contributed by atoms with Crippen molar-refractivity contribution in [1.82, 2.24) is 10.6 Å². The number of carbonyl (C=O) groups is 3. The predicted molar refractivity (Wildman–Crippen MR) is 77.4 cm³/mol. The van der Waals surface area contributed by atoms with Gasteiger partial charge >= 0.3 is 0 Å². The van der Waals surface area contributed by atoms with Gasteiger partial charge in [-0.2, -0.15) is 0 Å². The minimum atomic E-state index is -0.964. The fourth-order valence-corrected chi connectivity index (χ4v) is 2.40. The highest BCUT2D eigenvalue weighted by Gasteiger charge is 2.32. The molecule has 0 aromatic rings. The third-order valence-corrected chi connectivity index (χ3v) is 3.90. The van der Waals surface area contributed by atoms with Crippen LogP contribution in [-0.2, 0) is 14.4 Å². The van der Waals surface area contributed by atoms with Crippen LogP contribution in [0.15, 0.2) is 0 Å². The number of amides is 1. The molecule has 0 saturated carbocycles. The van der Waals surface area contributed by atoms with Crippen LogP contribution in [0.4, 0.5) is 0 Å². The molecule has 5 N–H and O–H groups in total. The second-order valence-electron chi connectivity index (χ2n) is 5.61. The van der Waals surface area contributed by atoms with E-state index in [2.05, 4.69) is 10.6 Å². The van der Waals surface area contributed by atoms with Gasteiger partial charge in [0.05, 0.1) is 18.1 Å². The summed E-state index contributed by atoms with van der Waals surface area (Å²) in [6.45, 7) is 4.21. The largest absolute Gasteiger partial charge is 0.393 e. The highest BCUT2D eigenvalue weighted by Crippen LogP contribution is 2.18. The minimum absolute atomic E-state index is 0.00586. The highest BCUT2D eigenvalue weighted by atomic mass is 16.3. The molecule has 0 bridgehead atoms. The van der Waals surface area contributed by atoms with E-state index in [9.17, 15) is 19.5 Å². The van der Waals surface area contributed by atoms with Crippen molar-refractivity contribution in [2.75, 3.05) is 19.6 Å². The third-order valence-electron chi connectivity index (χ3n) is 3.90. The summed E-state index contributed by atoms with van der Waals surface area (Å²) in [5.74, 6) is -1.74. The Balaban J connectivity index is 2.65. The Bertz CT molecular complexity index is 392. The first kappa shape index (κ1) is 17.7. The standard InChI is InChI=1S/C14H25N3O4/c1-8(18)11(5-13(20)10-3-4-16-7-10)14(21)17-12(6-15)9(2)19/h8,10-12,16,18H,3-7,15H2,1-2H3,(H,17,21)/t8-,10-,11-,12-/m0/s1. The SMILES string of the molecule is CC(=O)[C@H](CN)NC(=O)[C@@H](CC(=O)[C@H]1CCNC1)[C@H](C)O. The van der Waals surface area contributed by atoms with E-state index in [4.69, 9.17) is 5.73 Å². The number of ketones is 2. The molecular weight excluding hydrogens is 274 g/mol. The van der Waals surface area contributed by atoms with Crippen molar-refractivity contribution in [3.8, 4) is 0 Å². The first-order valence-corrected chi connectivity index (χ1v) is 7.29. The molecule has 1 saturated heterocycles. The van der Waals surface area contributed by atoms with Gasteiger partial charge in [0.2, 0.25) is 5.91 Å². The second-order valence-corrected chi connectivity index (χ2v) is 5.61. The minimum Gasteiger partial charge on any atom is -0.393 e. The van der Waals surface area contributed by atoms with Crippen molar-refractivity contribution in [3.63, 3.8) is 0 Å².